The Bertz CT molecular complexity index is 353. The molecule has 1 N–H and O–H groups in total. The number of halogens is 2. The average molecular weight is 229 g/mol. The van der Waals surface area contributed by atoms with Crippen LogP contribution < -0.4 is 0 Å². The van der Waals surface area contributed by atoms with Gasteiger partial charge in [0.15, 0.2) is 0 Å². The van der Waals surface area contributed by atoms with Gasteiger partial charge in [0.1, 0.15) is 5.82 Å². The molecule has 0 spiro atoms. The SMILES string of the molecule is OC1CCC(Cc2ccc(Cl)cc2F)C1. The minimum absolute atomic E-state index is 0.189. The van der Waals surface area contributed by atoms with Crippen molar-refractivity contribution in [3.05, 3.63) is 34.6 Å². The first-order chi connectivity index (χ1) is 7.15. The molecule has 82 valence electrons. The molecule has 0 aliphatic heterocycles. The largest absolute Gasteiger partial charge is 0.393 e. The Morgan fingerprint density at radius 1 is 1.40 bits per heavy atom. The molecule has 2 unspecified atom stereocenters. The number of hydrogen-bond acceptors (Lipinski definition) is 1. The molecule has 2 rings (SSSR count). The van der Waals surface area contributed by atoms with Crippen LogP contribution in [0.4, 0.5) is 4.39 Å². The van der Waals surface area contributed by atoms with E-state index in [0.29, 0.717) is 22.9 Å². The van der Waals surface area contributed by atoms with Crippen LogP contribution in [0, 0.1) is 11.7 Å². The highest BCUT2D eigenvalue weighted by Crippen LogP contribution is 2.29. The highest BCUT2D eigenvalue weighted by Gasteiger charge is 2.23. The Balaban J connectivity index is 2.04. The van der Waals surface area contributed by atoms with Crippen molar-refractivity contribution < 1.29 is 9.50 Å². The van der Waals surface area contributed by atoms with E-state index >= 15 is 0 Å². The summed E-state index contributed by atoms with van der Waals surface area (Å²) in [5.41, 5.74) is 0.707. The van der Waals surface area contributed by atoms with Crippen molar-refractivity contribution in [2.45, 2.75) is 31.8 Å². The number of aliphatic hydroxyl groups excluding tert-OH is 1. The van der Waals surface area contributed by atoms with Gasteiger partial charge >= 0.3 is 0 Å². The Hall–Kier alpha value is -0.600. The lowest BCUT2D eigenvalue weighted by atomic mass is 9.97. The molecule has 0 saturated heterocycles. The van der Waals surface area contributed by atoms with Crippen LogP contribution in [0.2, 0.25) is 5.02 Å². The van der Waals surface area contributed by atoms with Crippen molar-refractivity contribution >= 4 is 11.6 Å². The molecule has 2 atom stereocenters. The van der Waals surface area contributed by atoms with Crippen molar-refractivity contribution in [2.24, 2.45) is 5.92 Å². The first-order valence-corrected chi connectivity index (χ1v) is 5.65. The van der Waals surface area contributed by atoms with Crippen molar-refractivity contribution in [1.29, 1.82) is 0 Å². The molecule has 1 fully saturated rings. The summed E-state index contributed by atoms with van der Waals surface area (Å²) >= 11 is 5.68. The van der Waals surface area contributed by atoms with Gasteiger partial charge in [-0.05, 0) is 49.3 Å². The molecule has 1 nitrogen and oxygen atoms in total. The van der Waals surface area contributed by atoms with Gasteiger partial charge in [0, 0.05) is 5.02 Å². The zero-order valence-corrected chi connectivity index (χ0v) is 9.17. The van der Waals surface area contributed by atoms with E-state index in [1.807, 2.05) is 0 Å². The quantitative estimate of drug-likeness (QED) is 0.824. The zero-order valence-electron chi connectivity index (χ0n) is 8.42. The normalized spacial score (nSPS) is 25.8. The van der Waals surface area contributed by atoms with Gasteiger partial charge in [-0.3, -0.25) is 0 Å². The summed E-state index contributed by atoms with van der Waals surface area (Å²) in [7, 11) is 0. The number of rotatable bonds is 2. The van der Waals surface area contributed by atoms with Crippen LogP contribution >= 0.6 is 11.6 Å². The smallest absolute Gasteiger partial charge is 0.127 e. The van der Waals surface area contributed by atoms with Crippen molar-refractivity contribution in [2.75, 3.05) is 0 Å². The van der Waals surface area contributed by atoms with Crippen LogP contribution in [-0.2, 0) is 6.42 Å². The van der Waals surface area contributed by atoms with Crippen molar-refractivity contribution in [3.63, 3.8) is 0 Å². The minimum Gasteiger partial charge on any atom is -0.393 e. The molecular weight excluding hydrogens is 215 g/mol. The molecule has 0 radical (unpaired) electrons. The lowest BCUT2D eigenvalue weighted by Gasteiger charge is -2.10. The predicted octanol–water partition coefficient (Wildman–Crippen LogP) is 3.18. The highest BCUT2D eigenvalue weighted by molar-refractivity contribution is 6.30. The summed E-state index contributed by atoms with van der Waals surface area (Å²) < 4.78 is 13.5. The van der Waals surface area contributed by atoms with Gasteiger partial charge in [-0.2, -0.15) is 0 Å². The second-order valence-electron chi connectivity index (χ2n) is 4.27. The van der Waals surface area contributed by atoms with Crippen LogP contribution in [-0.4, -0.2) is 11.2 Å². The third-order valence-corrected chi connectivity index (χ3v) is 3.27. The molecule has 3 heteroatoms. The van der Waals surface area contributed by atoms with Gasteiger partial charge in [0.25, 0.3) is 0 Å². The Morgan fingerprint density at radius 2 is 2.20 bits per heavy atom. The van der Waals surface area contributed by atoms with E-state index in [9.17, 15) is 9.50 Å². The fourth-order valence-electron chi connectivity index (χ4n) is 2.23. The van der Waals surface area contributed by atoms with Gasteiger partial charge in [0.05, 0.1) is 6.10 Å². The summed E-state index contributed by atoms with van der Waals surface area (Å²) in [6, 6.07) is 4.80. The third-order valence-electron chi connectivity index (χ3n) is 3.04. The van der Waals surface area contributed by atoms with E-state index in [2.05, 4.69) is 0 Å². The second-order valence-corrected chi connectivity index (χ2v) is 4.71. The number of hydrogen-bond donors (Lipinski definition) is 1. The molecular formula is C12H14ClFO. The van der Waals surface area contributed by atoms with E-state index in [4.69, 9.17) is 11.6 Å². The lowest BCUT2D eigenvalue weighted by molar-refractivity contribution is 0.177. The predicted molar refractivity (Wildman–Crippen MR) is 58.5 cm³/mol. The van der Waals surface area contributed by atoms with E-state index in [1.165, 1.54) is 6.07 Å². The van der Waals surface area contributed by atoms with Crippen LogP contribution in [0.25, 0.3) is 0 Å². The van der Waals surface area contributed by atoms with Crippen LogP contribution in [0.3, 0.4) is 0 Å². The molecule has 1 aliphatic carbocycles. The maximum atomic E-state index is 13.5. The number of aliphatic hydroxyl groups is 1. The highest BCUT2D eigenvalue weighted by atomic mass is 35.5. The standard InChI is InChI=1S/C12H14ClFO/c13-10-3-2-9(12(14)7-10)5-8-1-4-11(15)6-8/h2-3,7-8,11,15H,1,4-6H2. The monoisotopic (exact) mass is 228 g/mol. The first kappa shape index (κ1) is 10.9. The van der Waals surface area contributed by atoms with Gasteiger partial charge < -0.3 is 5.11 Å². The lowest BCUT2D eigenvalue weighted by Crippen LogP contribution is -2.04. The summed E-state index contributed by atoms with van der Waals surface area (Å²) in [5, 5.41) is 9.81. The van der Waals surface area contributed by atoms with Crippen LogP contribution in [0.15, 0.2) is 18.2 Å². The van der Waals surface area contributed by atoms with E-state index in [-0.39, 0.29) is 11.9 Å². The number of benzene rings is 1. The van der Waals surface area contributed by atoms with Gasteiger partial charge in [-0.1, -0.05) is 17.7 Å². The third kappa shape index (κ3) is 2.70. The van der Waals surface area contributed by atoms with E-state index in [1.54, 1.807) is 12.1 Å². The minimum atomic E-state index is -0.233. The Kier molecular flexibility index (Phi) is 3.27. The molecule has 15 heavy (non-hydrogen) atoms. The maximum Gasteiger partial charge on any atom is 0.127 e. The summed E-state index contributed by atoms with van der Waals surface area (Å²) in [6.45, 7) is 0. The van der Waals surface area contributed by atoms with E-state index < -0.39 is 0 Å². The van der Waals surface area contributed by atoms with Crippen molar-refractivity contribution in [3.8, 4) is 0 Å². The van der Waals surface area contributed by atoms with Gasteiger partial charge in [-0.15, -0.1) is 0 Å². The molecule has 1 aliphatic rings. The summed E-state index contributed by atoms with van der Waals surface area (Å²) in [5.74, 6) is 0.180. The molecule has 0 bridgehead atoms. The zero-order chi connectivity index (χ0) is 10.8. The molecule has 1 saturated carbocycles. The van der Waals surface area contributed by atoms with Crippen molar-refractivity contribution in [1.82, 2.24) is 0 Å². The topological polar surface area (TPSA) is 20.2 Å². The van der Waals surface area contributed by atoms with Gasteiger partial charge in [-0.25, -0.2) is 4.39 Å². The van der Waals surface area contributed by atoms with Crippen LogP contribution in [0.5, 0.6) is 0 Å². The Labute approximate surface area is 93.9 Å². The fourth-order valence-corrected chi connectivity index (χ4v) is 2.39. The average Bonchev–Trinajstić information content (AvgIpc) is 2.56. The molecule has 1 aromatic rings. The molecule has 0 heterocycles. The Morgan fingerprint density at radius 3 is 2.80 bits per heavy atom. The second kappa shape index (κ2) is 4.50. The molecule has 1 aromatic carbocycles. The first-order valence-electron chi connectivity index (χ1n) is 5.27. The summed E-state index contributed by atoms with van der Waals surface area (Å²) in [4.78, 5) is 0. The fraction of sp³-hybridized carbons (Fsp3) is 0.500. The van der Waals surface area contributed by atoms with Crippen LogP contribution in [0.1, 0.15) is 24.8 Å². The van der Waals surface area contributed by atoms with Gasteiger partial charge in [0.2, 0.25) is 0 Å². The van der Waals surface area contributed by atoms with E-state index in [0.717, 1.165) is 19.3 Å². The molecule has 0 aromatic heterocycles. The summed E-state index contributed by atoms with van der Waals surface area (Å²) in [6.07, 6.45) is 3.15. The molecule has 0 amide bonds. The maximum absolute atomic E-state index is 13.5.